The molecule has 16 heavy (non-hydrogen) atoms. The molecule has 0 aromatic heterocycles. The fraction of sp³-hybridized carbons (Fsp3) is 1.00. The van der Waals surface area contributed by atoms with Gasteiger partial charge in [0.25, 0.3) is 0 Å². The Hall–Kier alpha value is -0.120. The van der Waals surface area contributed by atoms with Gasteiger partial charge in [-0.05, 0) is 31.2 Å². The third kappa shape index (κ3) is 2.01. The van der Waals surface area contributed by atoms with E-state index in [9.17, 15) is 5.11 Å². The number of rotatable bonds is 1. The molecule has 2 heterocycles. The lowest BCUT2D eigenvalue weighted by molar-refractivity contribution is 0.0202. The summed E-state index contributed by atoms with van der Waals surface area (Å²) in [5, 5.41) is 13.2. The van der Waals surface area contributed by atoms with Gasteiger partial charge in [0.2, 0.25) is 0 Å². The molecule has 0 radical (unpaired) electrons. The lowest BCUT2D eigenvalue weighted by Crippen LogP contribution is -2.50. The molecule has 0 aromatic carbocycles. The van der Waals surface area contributed by atoms with Gasteiger partial charge in [0.15, 0.2) is 0 Å². The van der Waals surface area contributed by atoms with E-state index in [1.165, 1.54) is 45.2 Å². The van der Waals surface area contributed by atoms with E-state index in [1.54, 1.807) is 0 Å². The molecule has 3 heteroatoms. The van der Waals surface area contributed by atoms with Gasteiger partial charge in [-0.1, -0.05) is 19.3 Å². The van der Waals surface area contributed by atoms with Crippen molar-refractivity contribution in [3.8, 4) is 0 Å². The van der Waals surface area contributed by atoms with E-state index < -0.39 is 0 Å². The molecule has 0 bridgehead atoms. The first-order valence-electron chi connectivity index (χ1n) is 6.97. The average Bonchev–Trinajstić information content (AvgIpc) is 2.75. The minimum Gasteiger partial charge on any atom is -0.390 e. The first-order valence-corrected chi connectivity index (χ1v) is 6.97. The van der Waals surface area contributed by atoms with Gasteiger partial charge in [-0.2, -0.15) is 0 Å². The SMILES string of the molecule is OC1CNCC1N1CCC2CCCCC2C1. The number of hydrogen-bond acceptors (Lipinski definition) is 3. The second kappa shape index (κ2) is 4.63. The fourth-order valence-corrected chi connectivity index (χ4v) is 3.95. The maximum absolute atomic E-state index is 9.93. The van der Waals surface area contributed by atoms with E-state index in [1.807, 2.05) is 0 Å². The quantitative estimate of drug-likeness (QED) is 0.692. The van der Waals surface area contributed by atoms with Crippen LogP contribution in [0.5, 0.6) is 0 Å². The van der Waals surface area contributed by atoms with Crippen LogP contribution in [-0.4, -0.2) is 48.3 Å². The predicted octanol–water partition coefficient (Wildman–Crippen LogP) is 0.831. The molecule has 3 nitrogen and oxygen atoms in total. The van der Waals surface area contributed by atoms with E-state index in [0.29, 0.717) is 6.04 Å². The van der Waals surface area contributed by atoms with Crippen molar-refractivity contribution in [1.29, 1.82) is 0 Å². The number of piperidine rings is 1. The van der Waals surface area contributed by atoms with Crippen LogP contribution >= 0.6 is 0 Å². The van der Waals surface area contributed by atoms with Gasteiger partial charge in [-0.3, -0.25) is 4.90 Å². The van der Waals surface area contributed by atoms with E-state index in [-0.39, 0.29) is 6.10 Å². The van der Waals surface area contributed by atoms with Crippen LogP contribution in [0.4, 0.5) is 0 Å². The maximum Gasteiger partial charge on any atom is 0.0831 e. The van der Waals surface area contributed by atoms with Crippen molar-refractivity contribution in [2.75, 3.05) is 26.2 Å². The first-order chi connectivity index (χ1) is 7.84. The number of likely N-dealkylation sites (tertiary alicyclic amines) is 1. The summed E-state index contributed by atoms with van der Waals surface area (Å²) in [6.45, 7) is 4.23. The molecule has 4 atom stereocenters. The van der Waals surface area contributed by atoms with Crippen LogP contribution in [0.3, 0.4) is 0 Å². The molecule has 3 aliphatic rings. The van der Waals surface area contributed by atoms with E-state index in [4.69, 9.17) is 0 Å². The predicted molar refractivity (Wildman–Crippen MR) is 64.3 cm³/mol. The minimum absolute atomic E-state index is 0.139. The van der Waals surface area contributed by atoms with E-state index in [2.05, 4.69) is 10.2 Å². The highest BCUT2D eigenvalue weighted by Gasteiger charge is 2.37. The monoisotopic (exact) mass is 224 g/mol. The number of fused-ring (bicyclic) bond motifs is 1. The van der Waals surface area contributed by atoms with Crippen molar-refractivity contribution in [3.05, 3.63) is 0 Å². The Morgan fingerprint density at radius 3 is 2.56 bits per heavy atom. The molecule has 3 rings (SSSR count). The zero-order chi connectivity index (χ0) is 11.0. The van der Waals surface area contributed by atoms with Gasteiger partial charge < -0.3 is 10.4 Å². The summed E-state index contributed by atoms with van der Waals surface area (Å²) in [5.74, 6) is 1.92. The van der Waals surface area contributed by atoms with Gasteiger partial charge in [-0.25, -0.2) is 0 Å². The van der Waals surface area contributed by atoms with Crippen molar-refractivity contribution < 1.29 is 5.11 Å². The molecule has 2 N–H and O–H groups in total. The number of β-amino-alcohol motifs (C(OH)–C–C–N with tert-alkyl or cyclic N) is 1. The molecular weight excluding hydrogens is 200 g/mol. The van der Waals surface area contributed by atoms with Gasteiger partial charge >= 0.3 is 0 Å². The number of aliphatic hydroxyl groups is 1. The van der Waals surface area contributed by atoms with Crippen LogP contribution in [0.15, 0.2) is 0 Å². The number of hydrogen-bond donors (Lipinski definition) is 2. The Morgan fingerprint density at radius 2 is 1.81 bits per heavy atom. The van der Waals surface area contributed by atoms with Crippen molar-refractivity contribution in [2.45, 2.75) is 44.2 Å². The van der Waals surface area contributed by atoms with Crippen molar-refractivity contribution >= 4 is 0 Å². The first kappa shape index (κ1) is 11.0. The minimum atomic E-state index is -0.139. The Labute approximate surface area is 98.2 Å². The molecule has 1 saturated carbocycles. The molecule has 2 aliphatic heterocycles. The lowest BCUT2D eigenvalue weighted by Gasteiger charge is -2.44. The zero-order valence-electron chi connectivity index (χ0n) is 10.1. The normalized spacial score (nSPS) is 45.6. The molecule has 0 aromatic rings. The van der Waals surface area contributed by atoms with Crippen LogP contribution in [0.2, 0.25) is 0 Å². The summed E-state index contributed by atoms with van der Waals surface area (Å²) in [4.78, 5) is 2.55. The Morgan fingerprint density at radius 1 is 1.00 bits per heavy atom. The average molecular weight is 224 g/mol. The molecule has 92 valence electrons. The number of nitrogens with zero attached hydrogens (tertiary/aromatic N) is 1. The van der Waals surface area contributed by atoms with Crippen LogP contribution in [0.25, 0.3) is 0 Å². The summed E-state index contributed by atoms with van der Waals surface area (Å²) in [6, 6.07) is 0.392. The highest BCUT2D eigenvalue weighted by molar-refractivity contribution is 4.93. The van der Waals surface area contributed by atoms with Crippen LogP contribution in [-0.2, 0) is 0 Å². The Kier molecular flexibility index (Phi) is 3.18. The summed E-state index contributed by atoms with van der Waals surface area (Å²) < 4.78 is 0. The molecule has 2 saturated heterocycles. The summed E-state index contributed by atoms with van der Waals surface area (Å²) in [5.41, 5.74) is 0. The second-order valence-electron chi connectivity index (χ2n) is 5.88. The maximum atomic E-state index is 9.93. The van der Waals surface area contributed by atoms with E-state index in [0.717, 1.165) is 24.9 Å². The molecular formula is C13H24N2O. The van der Waals surface area contributed by atoms with Gasteiger partial charge in [0.1, 0.15) is 0 Å². The highest BCUT2D eigenvalue weighted by atomic mass is 16.3. The van der Waals surface area contributed by atoms with Crippen LogP contribution < -0.4 is 5.32 Å². The van der Waals surface area contributed by atoms with Gasteiger partial charge in [0.05, 0.1) is 6.10 Å². The molecule has 1 aliphatic carbocycles. The Bertz CT molecular complexity index is 246. The van der Waals surface area contributed by atoms with Crippen molar-refractivity contribution in [2.24, 2.45) is 11.8 Å². The third-order valence-electron chi connectivity index (χ3n) is 4.94. The smallest absolute Gasteiger partial charge is 0.0831 e. The lowest BCUT2D eigenvalue weighted by atomic mass is 9.75. The zero-order valence-corrected chi connectivity index (χ0v) is 10.1. The van der Waals surface area contributed by atoms with E-state index >= 15 is 0 Å². The molecule has 0 amide bonds. The van der Waals surface area contributed by atoms with Crippen molar-refractivity contribution in [1.82, 2.24) is 10.2 Å². The second-order valence-corrected chi connectivity index (χ2v) is 5.88. The van der Waals surface area contributed by atoms with Crippen LogP contribution in [0.1, 0.15) is 32.1 Å². The molecule has 3 fully saturated rings. The highest BCUT2D eigenvalue weighted by Crippen LogP contribution is 2.36. The van der Waals surface area contributed by atoms with Crippen LogP contribution in [0, 0.1) is 11.8 Å². The van der Waals surface area contributed by atoms with Crippen molar-refractivity contribution in [3.63, 3.8) is 0 Å². The standard InChI is InChI=1S/C13H24N2O/c16-13-8-14-7-12(13)15-6-5-10-3-1-2-4-11(10)9-15/h10-14,16H,1-9H2. The van der Waals surface area contributed by atoms with Gasteiger partial charge in [-0.15, -0.1) is 0 Å². The fourth-order valence-electron chi connectivity index (χ4n) is 3.95. The molecule has 4 unspecified atom stereocenters. The largest absolute Gasteiger partial charge is 0.390 e. The topological polar surface area (TPSA) is 35.5 Å². The molecule has 0 spiro atoms. The summed E-state index contributed by atoms with van der Waals surface area (Å²) in [7, 11) is 0. The number of aliphatic hydroxyl groups excluding tert-OH is 1. The number of nitrogens with one attached hydrogen (secondary N) is 1. The Balaban J connectivity index is 1.61. The van der Waals surface area contributed by atoms with Gasteiger partial charge in [0, 0.05) is 25.7 Å². The third-order valence-corrected chi connectivity index (χ3v) is 4.94. The summed E-state index contributed by atoms with van der Waals surface area (Å²) in [6.07, 6.45) is 7.00. The summed E-state index contributed by atoms with van der Waals surface area (Å²) >= 11 is 0.